The average Bonchev–Trinajstić information content (AvgIpc) is 3.01. The second kappa shape index (κ2) is 8.52. The Morgan fingerprint density at radius 3 is 1.79 bits per heavy atom. The lowest BCUT2D eigenvalue weighted by atomic mass is 9.92. The van der Waals surface area contributed by atoms with Crippen molar-refractivity contribution in [3.63, 3.8) is 0 Å². The Hall–Kier alpha value is -0.810. The molecule has 2 amide bonds. The Bertz CT molecular complexity index is 444. The largest absolute Gasteiger partial charge is 0.342 e. The van der Waals surface area contributed by atoms with Gasteiger partial charge < -0.3 is 15.5 Å². The first kappa shape index (κ1) is 19.5. The fourth-order valence-electron chi connectivity index (χ4n) is 4.33. The van der Waals surface area contributed by atoms with Gasteiger partial charge in [-0.1, -0.05) is 6.92 Å². The van der Waals surface area contributed by atoms with Crippen LogP contribution in [-0.4, -0.2) is 53.8 Å². The van der Waals surface area contributed by atoms with E-state index in [0.717, 1.165) is 77.0 Å². The standard InChI is InChI=1S/C18H31N3O2.ClH/c1-13-4-8-20(9-5-13)17(22)14-6-10-21(11-7-14)18(23)15-2-3-16(19)12-15;/h13-16H,2-12,19H2,1H3;1H. The van der Waals surface area contributed by atoms with Crippen LogP contribution in [0.2, 0.25) is 0 Å². The minimum Gasteiger partial charge on any atom is -0.342 e. The molecule has 1 aliphatic carbocycles. The van der Waals surface area contributed by atoms with E-state index in [2.05, 4.69) is 11.8 Å². The number of hydrogen-bond donors (Lipinski definition) is 1. The molecule has 3 fully saturated rings. The molecule has 138 valence electrons. The van der Waals surface area contributed by atoms with E-state index < -0.39 is 0 Å². The van der Waals surface area contributed by atoms with Crippen LogP contribution in [0, 0.1) is 17.8 Å². The number of carbonyl (C=O) groups is 2. The van der Waals surface area contributed by atoms with Gasteiger partial charge in [-0.2, -0.15) is 0 Å². The van der Waals surface area contributed by atoms with Crippen LogP contribution in [0.3, 0.4) is 0 Å². The summed E-state index contributed by atoms with van der Waals surface area (Å²) in [6.07, 6.45) is 6.66. The van der Waals surface area contributed by atoms with E-state index in [-0.39, 0.29) is 36.2 Å². The molecule has 3 rings (SSSR count). The number of nitrogens with two attached hydrogens (primary N) is 1. The molecule has 0 aromatic heterocycles. The molecule has 6 heteroatoms. The summed E-state index contributed by atoms with van der Waals surface area (Å²) in [5, 5.41) is 0. The molecule has 0 spiro atoms. The zero-order valence-corrected chi connectivity index (χ0v) is 15.6. The van der Waals surface area contributed by atoms with E-state index in [1.807, 2.05) is 4.90 Å². The zero-order chi connectivity index (χ0) is 16.4. The number of piperidine rings is 2. The maximum Gasteiger partial charge on any atom is 0.225 e. The highest BCUT2D eigenvalue weighted by atomic mass is 35.5. The molecule has 24 heavy (non-hydrogen) atoms. The molecular weight excluding hydrogens is 326 g/mol. The summed E-state index contributed by atoms with van der Waals surface area (Å²) in [5.41, 5.74) is 5.93. The molecule has 2 saturated heterocycles. The van der Waals surface area contributed by atoms with Crippen LogP contribution < -0.4 is 5.73 Å². The van der Waals surface area contributed by atoms with E-state index in [1.165, 1.54) is 0 Å². The Balaban J connectivity index is 0.00000208. The van der Waals surface area contributed by atoms with Gasteiger partial charge in [0.25, 0.3) is 0 Å². The van der Waals surface area contributed by atoms with Gasteiger partial charge in [0.05, 0.1) is 0 Å². The van der Waals surface area contributed by atoms with E-state index in [9.17, 15) is 9.59 Å². The molecule has 0 aromatic carbocycles. The molecule has 5 nitrogen and oxygen atoms in total. The fraction of sp³-hybridized carbons (Fsp3) is 0.889. The van der Waals surface area contributed by atoms with Crippen LogP contribution in [0.25, 0.3) is 0 Å². The molecule has 0 bridgehead atoms. The molecular formula is C18H32ClN3O2. The monoisotopic (exact) mass is 357 g/mol. The van der Waals surface area contributed by atoms with Gasteiger partial charge in [-0.25, -0.2) is 0 Å². The zero-order valence-electron chi connectivity index (χ0n) is 14.8. The molecule has 3 aliphatic rings. The van der Waals surface area contributed by atoms with Crippen molar-refractivity contribution < 1.29 is 9.59 Å². The van der Waals surface area contributed by atoms with Crippen LogP contribution >= 0.6 is 12.4 Å². The Labute approximate surface area is 151 Å². The summed E-state index contributed by atoms with van der Waals surface area (Å²) in [6, 6.07) is 0.199. The van der Waals surface area contributed by atoms with E-state index >= 15 is 0 Å². The van der Waals surface area contributed by atoms with Crippen LogP contribution in [0.5, 0.6) is 0 Å². The van der Waals surface area contributed by atoms with Crippen LogP contribution in [0.4, 0.5) is 0 Å². The van der Waals surface area contributed by atoms with Gasteiger partial charge in [-0.15, -0.1) is 12.4 Å². The molecule has 2 heterocycles. The third kappa shape index (κ3) is 4.42. The fourth-order valence-corrected chi connectivity index (χ4v) is 4.33. The Morgan fingerprint density at radius 1 is 0.792 bits per heavy atom. The molecule has 2 atom stereocenters. The van der Waals surface area contributed by atoms with Crippen molar-refractivity contribution in [2.75, 3.05) is 26.2 Å². The first-order valence-electron chi connectivity index (χ1n) is 9.37. The summed E-state index contributed by atoms with van der Waals surface area (Å²) < 4.78 is 0. The lowest BCUT2D eigenvalue weighted by Gasteiger charge is -2.37. The van der Waals surface area contributed by atoms with Crippen molar-refractivity contribution in [1.29, 1.82) is 0 Å². The maximum absolute atomic E-state index is 12.6. The smallest absolute Gasteiger partial charge is 0.225 e. The van der Waals surface area contributed by atoms with Gasteiger partial charge in [-0.3, -0.25) is 9.59 Å². The van der Waals surface area contributed by atoms with E-state index in [4.69, 9.17) is 5.73 Å². The van der Waals surface area contributed by atoms with Crippen LogP contribution in [0.15, 0.2) is 0 Å². The molecule has 1 saturated carbocycles. The van der Waals surface area contributed by atoms with Crippen molar-refractivity contribution in [3.8, 4) is 0 Å². The molecule has 0 aromatic rings. The van der Waals surface area contributed by atoms with Crippen molar-refractivity contribution in [3.05, 3.63) is 0 Å². The maximum atomic E-state index is 12.6. The van der Waals surface area contributed by atoms with Gasteiger partial charge in [0, 0.05) is 44.1 Å². The SMILES string of the molecule is CC1CCN(C(=O)C2CCN(C(=O)C3CCC(N)C3)CC2)CC1.Cl. The van der Waals surface area contributed by atoms with Gasteiger partial charge in [0.2, 0.25) is 11.8 Å². The number of carbonyl (C=O) groups excluding carboxylic acids is 2. The minimum atomic E-state index is 0. The molecule has 0 radical (unpaired) electrons. The normalized spacial score (nSPS) is 29.4. The quantitative estimate of drug-likeness (QED) is 0.822. The highest BCUT2D eigenvalue weighted by Crippen LogP contribution is 2.29. The average molecular weight is 358 g/mol. The number of amides is 2. The highest BCUT2D eigenvalue weighted by molar-refractivity contribution is 5.85. The number of hydrogen-bond acceptors (Lipinski definition) is 3. The highest BCUT2D eigenvalue weighted by Gasteiger charge is 2.35. The number of halogens is 1. The van der Waals surface area contributed by atoms with Crippen molar-refractivity contribution in [1.82, 2.24) is 9.80 Å². The first-order chi connectivity index (χ1) is 11.0. The number of likely N-dealkylation sites (tertiary alicyclic amines) is 2. The first-order valence-corrected chi connectivity index (χ1v) is 9.37. The predicted molar refractivity (Wildman–Crippen MR) is 96.8 cm³/mol. The summed E-state index contributed by atoms with van der Waals surface area (Å²) in [7, 11) is 0. The van der Waals surface area contributed by atoms with E-state index in [0.29, 0.717) is 5.91 Å². The molecule has 2 N–H and O–H groups in total. The van der Waals surface area contributed by atoms with Gasteiger partial charge >= 0.3 is 0 Å². The summed E-state index contributed by atoms with van der Waals surface area (Å²) in [5.74, 6) is 1.60. The van der Waals surface area contributed by atoms with Gasteiger partial charge in [0.15, 0.2) is 0 Å². The van der Waals surface area contributed by atoms with Crippen LogP contribution in [0.1, 0.15) is 51.9 Å². The van der Waals surface area contributed by atoms with Gasteiger partial charge in [-0.05, 0) is 50.9 Å². The number of nitrogens with zero attached hydrogens (tertiary/aromatic N) is 2. The second-order valence-electron chi connectivity index (χ2n) is 7.88. The lowest BCUT2D eigenvalue weighted by Crippen LogP contribution is -2.47. The third-order valence-electron chi connectivity index (χ3n) is 6.07. The molecule has 2 aliphatic heterocycles. The summed E-state index contributed by atoms with van der Waals surface area (Å²) in [6.45, 7) is 5.58. The minimum absolute atomic E-state index is 0. The third-order valence-corrected chi connectivity index (χ3v) is 6.07. The van der Waals surface area contributed by atoms with Gasteiger partial charge in [0.1, 0.15) is 0 Å². The number of rotatable bonds is 2. The lowest BCUT2D eigenvalue weighted by molar-refractivity contribution is -0.143. The molecule has 2 unspecified atom stereocenters. The topological polar surface area (TPSA) is 66.6 Å². The summed E-state index contributed by atoms with van der Waals surface area (Å²) >= 11 is 0. The van der Waals surface area contributed by atoms with E-state index in [1.54, 1.807) is 0 Å². The Kier molecular flexibility index (Phi) is 6.93. The predicted octanol–water partition coefficient (Wildman–Crippen LogP) is 2.03. The van der Waals surface area contributed by atoms with Crippen molar-refractivity contribution in [2.45, 2.75) is 57.9 Å². The second-order valence-corrected chi connectivity index (χ2v) is 7.88. The van der Waals surface area contributed by atoms with Crippen molar-refractivity contribution in [2.24, 2.45) is 23.5 Å². The van der Waals surface area contributed by atoms with Crippen molar-refractivity contribution >= 4 is 24.2 Å². The Morgan fingerprint density at radius 2 is 1.29 bits per heavy atom. The van der Waals surface area contributed by atoms with Crippen LogP contribution in [-0.2, 0) is 9.59 Å². The summed E-state index contributed by atoms with van der Waals surface area (Å²) in [4.78, 5) is 29.2.